The van der Waals surface area contributed by atoms with Crippen LogP contribution in [0.5, 0.6) is 5.75 Å². The summed E-state index contributed by atoms with van der Waals surface area (Å²) in [7, 11) is 0. The number of hydrogen-bond acceptors (Lipinski definition) is 6. The van der Waals surface area contributed by atoms with Crippen molar-refractivity contribution in [3.8, 4) is 5.75 Å². The van der Waals surface area contributed by atoms with Crippen LogP contribution in [0.25, 0.3) is 0 Å². The Kier molecular flexibility index (Phi) is 6.24. The summed E-state index contributed by atoms with van der Waals surface area (Å²) in [6, 6.07) is 12.3. The molecule has 2 aromatic carbocycles. The normalized spacial score (nSPS) is 11.4. The van der Waals surface area contributed by atoms with E-state index in [0.29, 0.717) is 5.56 Å². The van der Waals surface area contributed by atoms with Crippen molar-refractivity contribution >= 4 is 33.4 Å². The quantitative estimate of drug-likeness (QED) is 0.301. The molecule has 0 aliphatic heterocycles. The molecule has 0 heterocycles. The summed E-state index contributed by atoms with van der Waals surface area (Å²) >= 11 is 3.27. The highest BCUT2D eigenvalue weighted by atomic mass is 79.9. The molecule has 0 N–H and O–H groups in total. The summed E-state index contributed by atoms with van der Waals surface area (Å²) in [5.41, 5.74) is 0.150. The van der Waals surface area contributed by atoms with Crippen molar-refractivity contribution in [3.63, 3.8) is 0 Å². The number of hydrogen-bond donors (Lipinski definition) is 0. The lowest BCUT2D eigenvalue weighted by atomic mass is 10.1. The number of carbonyl (C=O) groups is 2. The van der Waals surface area contributed by atoms with Gasteiger partial charge in [-0.25, -0.2) is 4.79 Å². The number of Topliss-reactive ketones (excluding diaryl/α,β-unsaturated/α-hetero) is 1. The molecule has 0 bridgehead atoms. The molecule has 2 rings (SSSR count). The third-order valence-corrected chi connectivity index (χ3v) is 3.74. The van der Waals surface area contributed by atoms with Crippen LogP contribution in [0.2, 0.25) is 0 Å². The first-order valence-corrected chi connectivity index (χ1v) is 8.03. The van der Waals surface area contributed by atoms with E-state index >= 15 is 0 Å². The van der Waals surface area contributed by atoms with Gasteiger partial charge in [0.15, 0.2) is 18.5 Å². The SMILES string of the molecule is C[C@H](OC(=O)COc1ccccc1[N+](=O)[O-])C(=O)c1ccc(Br)cc1. The Balaban J connectivity index is 1.93. The van der Waals surface area contributed by atoms with Gasteiger partial charge in [-0.1, -0.05) is 40.2 Å². The number of rotatable bonds is 7. The third kappa shape index (κ3) is 5.12. The van der Waals surface area contributed by atoms with E-state index < -0.39 is 23.6 Å². The Labute approximate surface area is 151 Å². The number of ketones is 1. The number of esters is 1. The Hall–Kier alpha value is -2.74. The van der Waals surface area contributed by atoms with Crippen molar-refractivity contribution in [1.29, 1.82) is 0 Å². The van der Waals surface area contributed by atoms with Gasteiger partial charge in [-0.05, 0) is 25.1 Å². The van der Waals surface area contributed by atoms with Gasteiger partial charge in [0, 0.05) is 16.1 Å². The maximum Gasteiger partial charge on any atom is 0.344 e. The first-order valence-electron chi connectivity index (χ1n) is 7.24. The van der Waals surface area contributed by atoms with Gasteiger partial charge in [0.1, 0.15) is 0 Å². The molecule has 7 nitrogen and oxygen atoms in total. The number of carbonyl (C=O) groups excluding carboxylic acids is 2. The fourth-order valence-electron chi connectivity index (χ4n) is 2.00. The summed E-state index contributed by atoms with van der Waals surface area (Å²) in [6.07, 6.45) is -0.997. The maximum atomic E-state index is 12.2. The fourth-order valence-corrected chi connectivity index (χ4v) is 2.26. The zero-order chi connectivity index (χ0) is 18.4. The summed E-state index contributed by atoms with van der Waals surface area (Å²) < 4.78 is 11.0. The number of halogens is 1. The molecule has 0 unspecified atom stereocenters. The predicted octanol–water partition coefficient (Wildman–Crippen LogP) is 3.55. The van der Waals surface area contributed by atoms with E-state index in [1.165, 1.54) is 25.1 Å². The molecule has 0 amide bonds. The molecule has 2 aromatic rings. The Bertz CT molecular complexity index is 790. The lowest BCUT2D eigenvalue weighted by molar-refractivity contribution is -0.385. The highest BCUT2D eigenvalue weighted by Gasteiger charge is 2.21. The smallest absolute Gasteiger partial charge is 0.344 e. The van der Waals surface area contributed by atoms with E-state index in [2.05, 4.69) is 15.9 Å². The van der Waals surface area contributed by atoms with Crippen LogP contribution in [0, 0.1) is 10.1 Å². The average Bonchev–Trinajstić information content (AvgIpc) is 2.60. The molecule has 0 aliphatic rings. The van der Waals surface area contributed by atoms with Crippen molar-refractivity contribution < 1.29 is 24.0 Å². The highest BCUT2D eigenvalue weighted by Crippen LogP contribution is 2.25. The van der Waals surface area contributed by atoms with Crippen LogP contribution in [-0.4, -0.2) is 29.4 Å². The first-order chi connectivity index (χ1) is 11.9. The van der Waals surface area contributed by atoms with Crippen LogP contribution in [0.4, 0.5) is 5.69 Å². The molecular weight excluding hydrogens is 394 g/mol. The van der Waals surface area contributed by atoms with Crippen molar-refractivity contribution in [2.45, 2.75) is 13.0 Å². The zero-order valence-electron chi connectivity index (χ0n) is 13.2. The topological polar surface area (TPSA) is 95.7 Å². The van der Waals surface area contributed by atoms with Gasteiger partial charge in [0.25, 0.3) is 0 Å². The highest BCUT2D eigenvalue weighted by molar-refractivity contribution is 9.10. The fraction of sp³-hybridized carbons (Fsp3) is 0.176. The van der Waals surface area contributed by atoms with E-state index in [1.54, 1.807) is 30.3 Å². The minimum atomic E-state index is -0.997. The van der Waals surface area contributed by atoms with Crippen molar-refractivity contribution in [1.82, 2.24) is 0 Å². The molecule has 1 atom stereocenters. The largest absolute Gasteiger partial charge is 0.475 e. The van der Waals surface area contributed by atoms with Gasteiger partial charge in [0.2, 0.25) is 5.78 Å². The lowest BCUT2D eigenvalue weighted by Crippen LogP contribution is -2.27. The summed E-state index contributed by atoms with van der Waals surface area (Å²) in [5.74, 6) is -1.20. The molecule has 0 saturated carbocycles. The molecule has 0 radical (unpaired) electrons. The second-order valence-corrected chi connectivity index (χ2v) is 5.93. The minimum Gasteiger partial charge on any atom is -0.475 e. The van der Waals surface area contributed by atoms with Crippen LogP contribution < -0.4 is 4.74 Å². The third-order valence-electron chi connectivity index (χ3n) is 3.21. The monoisotopic (exact) mass is 407 g/mol. The summed E-state index contributed by atoms with van der Waals surface area (Å²) in [6.45, 7) is 0.913. The van der Waals surface area contributed by atoms with Crippen molar-refractivity contribution in [2.24, 2.45) is 0 Å². The van der Waals surface area contributed by atoms with Gasteiger partial charge in [-0.2, -0.15) is 0 Å². The average molecular weight is 408 g/mol. The number of ether oxygens (including phenoxy) is 2. The number of benzene rings is 2. The molecule has 0 aliphatic carbocycles. The van der Waals surface area contributed by atoms with E-state index in [1.807, 2.05) is 0 Å². The molecule has 0 spiro atoms. The van der Waals surface area contributed by atoms with Gasteiger partial charge >= 0.3 is 11.7 Å². The molecule has 25 heavy (non-hydrogen) atoms. The van der Waals surface area contributed by atoms with Gasteiger partial charge in [-0.15, -0.1) is 0 Å². The van der Waals surface area contributed by atoms with E-state index in [-0.39, 0.29) is 17.2 Å². The molecule has 0 fully saturated rings. The number of nitro benzene ring substituents is 1. The lowest BCUT2D eigenvalue weighted by Gasteiger charge is -2.13. The molecular formula is C17H14BrNO6. The molecule has 8 heteroatoms. The van der Waals surface area contributed by atoms with Crippen LogP contribution >= 0.6 is 15.9 Å². The van der Waals surface area contributed by atoms with E-state index in [4.69, 9.17) is 9.47 Å². The Morgan fingerprint density at radius 1 is 1.16 bits per heavy atom. The number of nitro groups is 1. The van der Waals surface area contributed by atoms with E-state index in [0.717, 1.165) is 4.47 Å². The maximum absolute atomic E-state index is 12.2. The predicted molar refractivity (Wildman–Crippen MR) is 92.6 cm³/mol. The van der Waals surface area contributed by atoms with Crippen LogP contribution in [0.1, 0.15) is 17.3 Å². The van der Waals surface area contributed by atoms with Gasteiger partial charge in [-0.3, -0.25) is 14.9 Å². The second-order valence-electron chi connectivity index (χ2n) is 5.02. The van der Waals surface area contributed by atoms with Gasteiger partial charge in [0.05, 0.1) is 4.92 Å². The summed E-state index contributed by atoms with van der Waals surface area (Å²) in [5, 5.41) is 10.9. The van der Waals surface area contributed by atoms with Crippen molar-refractivity contribution in [3.05, 3.63) is 68.7 Å². The van der Waals surface area contributed by atoms with Crippen molar-refractivity contribution in [2.75, 3.05) is 6.61 Å². The Morgan fingerprint density at radius 2 is 1.80 bits per heavy atom. The number of para-hydroxylation sites is 2. The van der Waals surface area contributed by atoms with Crippen LogP contribution in [0.15, 0.2) is 53.0 Å². The summed E-state index contributed by atoms with van der Waals surface area (Å²) in [4.78, 5) is 34.3. The number of nitrogens with zero attached hydrogens (tertiary/aromatic N) is 1. The molecule has 0 saturated heterocycles. The minimum absolute atomic E-state index is 0.0451. The van der Waals surface area contributed by atoms with E-state index in [9.17, 15) is 19.7 Å². The molecule has 0 aromatic heterocycles. The zero-order valence-corrected chi connectivity index (χ0v) is 14.8. The standard InChI is InChI=1S/C17H14BrNO6/c1-11(17(21)12-6-8-13(18)9-7-12)25-16(20)10-24-15-5-3-2-4-14(15)19(22)23/h2-9,11H,10H2,1H3/t11-/m0/s1. The Morgan fingerprint density at radius 3 is 2.44 bits per heavy atom. The molecule has 130 valence electrons. The van der Waals surface area contributed by atoms with Crippen LogP contribution in [0.3, 0.4) is 0 Å². The first kappa shape index (κ1) is 18.6. The second kappa shape index (κ2) is 8.39. The van der Waals surface area contributed by atoms with Gasteiger partial charge < -0.3 is 9.47 Å². The van der Waals surface area contributed by atoms with Crippen LogP contribution in [-0.2, 0) is 9.53 Å².